The highest BCUT2D eigenvalue weighted by Gasteiger charge is 2.15. The van der Waals surface area contributed by atoms with Crippen LogP contribution in [0.5, 0.6) is 11.5 Å². The number of carbonyl (C=O) groups is 2. The van der Waals surface area contributed by atoms with E-state index in [0.717, 1.165) is 12.2 Å². The molecule has 1 atom stereocenters. The van der Waals surface area contributed by atoms with E-state index >= 15 is 0 Å². The predicted molar refractivity (Wildman–Crippen MR) is 90.7 cm³/mol. The summed E-state index contributed by atoms with van der Waals surface area (Å²) in [6.07, 6.45) is 2.85. The SMILES string of the molecule is CCOc1cc(C(=O)NC(CC)CSC)ccc1OCC(=O)O. The number of carboxylic acids is 1. The maximum Gasteiger partial charge on any atom is 0.341 e. The van der Waals surface area contributed by atoms with E-state index in [4.69, 9.17) is 14.6 Å². The van der Waals surface area contributed by atoms with Crippen molar-refractivity contribution >= 4 is 23.6 Å². The molecule has 0 spiro atoms. The van der Waals surface area contributed by atoms with Crippen LogP contribution < -0.4 is 14.8 Å². The van der Waals surface area contributed by atoms with Gasteiger partial charge in [0.1, 0.15) is 0 Å². The Morgan fingerprint density at radius 3 is 2.57 bits per heavy atom. The van der Waals surface area contributed by atoms with Crippen molar-refractivity contribution in [2.24, 2.45) is 0 Å². The molecular weight excluding hydrogens is 318 g/mol. The minimum absolute atomic E-state index is 0.107. The van der Waals surface area contributed by atoms with Gasteiger partial charge in [0, 0.05) is 17.4 Å². The number of amides is 1. The number of carboxylic acid groups (broad SMARTS) is 1. The topological polar surface area (TPSA) is 84.9 Å². The third-order valence-electron chi connectivity index (χ3n) is 3.05. The summed E-state index contributed by atoms with van der Waals surface area (Å²) in [5.41, 5.74) is 0.454. The van der Waals surface area contributed by atoms with E-state index in [0.29, 0.717) is 23.7 Å². The van der Waals surface area contributed by atoms with Crippen molar-refractivity contribution in [3.05, 3.63) is 23.8 Å². The average molecular weight is 341 g/mol. The molecule has 7 heteroatoms. The zero-order valence-corrected chi connectivity index (χ0v) is 14.4. The van der Waals surface area contributed by atoms with Gasteiger partial charge in [-0.15, -0.1) is 0 Å². The Hall–Kier alpha value is -1.89. The number of aliphatic carboxylic acids is 1. The highest BCUT2D eigenvalue weighted by atomic mass is 32.2. The number of carbonyl (C=O) groups excluding carboxylic acids is 1. The highest BCUT2D eigenvalue weighted by Crippen LogP contribution is 2.28. The predicted octanol–water partition coefficient (Wildman–Crippen LogP) is 2.42. The van der Waals surface area contributed by atoms with Crippen LogP contribution in [0.15, 0.2) is 18.2 Å². The maximum absolute atomic E-state index is 12.3. The number of hydrogen-bond donors (Lipinski definition) is 2. The van der Waals surface area contributed by atoms with E-state index in [9.17, 15) is 9.59 Å². The Balaban J connectivity index is 2.88. The van der Waals surface area contributed by atoms with Gasteiger partial charge in [0.05, 0.1) is 6.61 Å². The van der Waals surface area contributed by atoms with E-state index in [1.54, 1.807) is 36.9 Å². The van der Waals surface area contributed by atoms with Crippen LogP contribution in [0.1, 0.15) is 30.6 Å². The summed E-state index contributed by atoms with van der Waals surface area (Å²) < 4.78 is 10.6. The van der Waals surface area contributed by atoms with Crippen LogP contribution in [0.3, 0.4) is 0 Å². The minimum atomic E-state index is -1.07. The molecule has 2 N–H and O–H groups in total. The van der Waals surface area contributed by atoms with Gasteiger partial charge in [0.2, 0.25) is 0 Å². The first-order chi connectivity index (χ1) is 11.0. The second kappa shape index (κ2) is 9.99. The number of nitrogens with one attached hydrogen (secondary N) is 1. The molecule has 1 aromatic rings. The van der Waals surface area contributed by atoms with E-state index in [-0.39, 0.29) is 11.9 Å². The lowest BCUT2D eigenvalue weighted by Gasteiger charge is -2.17. The van der Waals surface area contributed by atoms with Crippen molar-refractivity contribution in [2.45, 2.75) is 26.3 Å². The normalized spacial score (nSPS) is 11.6. The molecule has 0 radical (unpaired) electrons. The lowest BCUT2D eigenvalue weighted by atomic mass is 10.1. The quantitative estimate of drug-likeness (QED) is 0.680. The van der Waals surface area contributed by atoms with Gasteiger partial charge in [0.15, 0.2) is 18.1 Å². The summed E-state index contributed by atoms with van der Waals surface area (Å²) in [5, 5.41) is 11.7. The van der Waals surface area contributed by atoms with Crippen LogP contribution in [-0.2, 0) is 4.79 Å². The van der Waals surface area contributed by atoms with Crippen LogP contribution in [0.25, 0.3) is 0 Å². The van der Waals surface area contributed by atoms with Crippen molar-refractivity contribution in [1.82, 2.24) is 5.32 Å². The van der Waals surface area contributed by atoms with Gasteiger partial charge in [0.25, 0.3) is 5.91 Å². The van der Waals surface area contributed by atoms with Gasteiger partial charge in [-0.1, -0.05) is 6.92 Å². The highest BCUT2D eigenvalue weighted by molar-refractivity contribution is 7.98. The number of benzene rings is 1. The molecule has 128 valence electrons. The first kappa shape index (κ1) is 19.2. The molecular formula is C16H23NO5S. The summed E-state index contributed by atoms with van der Waals surface area (Å²) in [6, 6.07) is 4.83. The van der Waals surface area contributed by atoms with Gasteiger partial charge >= 0.3 is 5.97 Å². The average Bonchev–Trinajstić information content (AvgIpc) is 2.53. The molecule has 0 fully saturated rings. The minimum Gasteiger partial charge on any atom is -0.490 e. The summed E-state index contributed by atoms with van der Waals surface area (Å²) >= 11 is 1.68. The van der Waals surface area contributed by atoms with Crippen molar-refractivity contribution in [2.75, 3.05) is 25.2 Å². The monoisotopic (exact) mass is 341 g/mol. The molecule has 23 heavy (non-hydrogen) atoms. The fourth-order valence-corrected chi connectivity index (χ4v) is 2.63. The third-order valence-corrected chi connectivity index (χ3v) is 3.79. The molecule has 6 nitrogen and oxygen atoms in total. The maximum atomic E-state index is 12.3. The van der Waals surface area contributed by atoms with Crippen LogP contribution in [0.4, 0.5) is 0 Å². The lowest BCUT2D eigenvalue weighted by Crippen LogP contribution is -2.36. The summed E-state index contributed by atoms with van der Waals surface area (Å²) in [6.45, 7) is 3.75. The van der Waals surface area contributed by atoms with E-state index < -0.39 is 12.6 Å². The molecule has 1 amide bonds. The van der Waals surface area contributed by atoms with E-state index in [1.165, 1.54) is 0 Å². The van der Waals surface area contributed by atoms with Crippen LogP contribution >= 0.6 is 11.8 Å². The second-order valence-corrected chi connectivity index (χ2v) is 5.72. The largest absolute Gasteiger partial charge is 0.490 e. The first-order valence-electron chi connectivity index (χ1n) is 7.43. The Morgan fingerprint density at radius 1 is 1.26 bits per heavy atom. The third kappa shape index (κ3) is 6.40. The number of thioether (sulfide) groups is 1. The molecule has 0 bridgehead atoms. The van der Waals surface area contributed by atoms with E-state index in [2.05, 4.69) is 5.32 Å². The Morgan fingerprint density at radius 2 is 2.00 bits per heavy atom. The Bertz CT molecular complexity index is 535. The second-order valence-electron chi connectivity index (χ2n) is 4.81. The van der Waals surface area contributed by atoms with Crippen molar-refractivity contribution < 1.29 is 24.2 Å². The molecule has 0 aliphatic heterocycles. The van der Waals surface area contributed by atoms with Crippen molar-refractivity contribution in [1.29, 1.82) is 0 Å². The van der Waals surface area contributed by atoms with Gasteiger partial charge in [-0.3, -0.25) is 4.79 Å². The lowest BCUT2D eigenvalue weighted by molar-refractivity contribution is -0.139. The number of hydrogen-bond acceptors (Lipinski definition) is 5. The van der Waals surface area contributed by atoms with Crippen molar-refractivity contribution in [3.8, 4) is 11.5 Å². The van der Waals surface area contributed by atoms with Gasteiger partial charge < -0.3 is 19.9 Å². The molecule has 0 aromatic heterocycles. The molecule has 1 rings (SSSR count). The molecule has 1 aromatic carbocycles. The van der Waals surface area contributed by atoms with Gasteiger partial charge in [-0.05, 0) is 37.8 Å². The molecule has 0 saturated carbocycles. The zero-order valence-electron chi connectivity index (χ0n) is 13.6. The van der Waals surface area contributed by atoms with Crippen LogP contribution in [-0.4, -0.2) is 48.2 Å². The summed E-state index contributed by atoms with van der Waals surface area (Å²) in [7, 11) is 0. The summed E-state index contributed by atoms with van der Waals surface area (Å²) in [5.74, 6) is 0.260. The van der Waals surface area contributed by atoms with Crippen LogP contribution in [0.2, 0.25) is 0 Å². The van der Waals surface area contributed by atoms with E-state index in [1.807, 2.05) is 13.2 Å². The number of rotatable bonds is 10. The molecule has 0 heterocycles. The molecule has 1 unspecified atom stereocenters. The smallest absolute Gasteiger partial charge is 0.341 e. The van der Waals surface area contributed by atoms with Gasteiger partial charge in [-0.2, -0.15) is 11.8 Å². The fraction of sp³-hybridized carbons (Fsp3) is 0.500. The zero-order chi connectivity index (χ0) is 17.2. The molecule has 0 saturated heterocycles. The summed E-state index contributed by atoms with van der Waals surface area (Å²) in [4.78, 5) is 22.9. The van der Waals surface area contributed by atoms with Crippen LogP contribution in [0, 0.1) is 0 Å². The Kier molecular flexibility index (Phi) is 8.32. The molecule has 0 aliphatic carbocycles. The first-order valence-corrected chi connectivity index (χ1v) is 8.82. The van der Waals surface area contributed by atoms with Gasteiger partial charge in [-0.25, -0.2) is 4.79 Å². The standard InChI is InChI=1S/C16H23NO5S/c1-4-12(10-23-3)17-16(20)11-6-7-13(22-9-15(18)19)14(8-11)21-5-2/h6-8,12H,4-5,9-10H2,1-3H3,(H,17,20)(H,18,19). The van der Waals surface area contributed by atoms with Crippen molar-refractivity contribution in [3.63, 3.8) is 0 Å². The fourth-order valence-electron chi connectivity index (χ4n) is 1.91. The molecule has 0 aliphatic rings. The Labute approximate surface area is 140 Å². The number of ether oxygens (including phenoxy) is 2.